The highest BCUT2D eigenvalue weighted by Gasteiger charge is 2.08. The lowest BCUT2D eigenvalue weighted by Gasteiger charge is -2.16. The SMILES string of the molecule is CCCCOC(NC=O)c1cc[c]cc1. The molecule has 1 atom stereocenters. The molecule has 15 heavy (non-hydrogen) atoms. The van der Waals surface area contributed by atoms with Gasteiger partial charge in [0.25, 0.3) is 0 Å². The number of rotatable bonds is 7. The molecule has 0 aromatic heterocycles. The Morgan fingerprint density at radius 2 is 2.27 bits per heavy atom. The fourth-order valence-electron chi connectivity index (χ4n) is 1.22. The molecule has 0 aliphatic rings. The van der Waals surface area contributed by atoms with E-state index in [2.05, 4.69) is 18.3 Å². The molecule has 1 rings (SSSR count). The van der Waals surface area contributed by atoms with Crippen LogP contribution in [0.2, 0.25) is 0 Å². The minimum atomic E-state index is -0.344. The van der Waals surface area contributed by atoms with Gasteiger partial charge in [0.15, 0.2) is 6.23 Å². The molecule has 0 spiro atoms. The smallest absolute Gasteiger partial charge is 0.209 e. The van der Waals surface area contributed by atoms with Gasteiger partial charge < -0.3 is 10.1 Å². The van der Waals surface area contributed by atoms with E-state index >= 15 is 0 Å². The number of hydrogen-bond acceptors (Lipinski definition) is 2. The van der Waals surface area contributed by atoms with E-state index < -0.39 is 0 Å². The van der Waals surface area contributed by atoms with E-state index in [1.54, 1.807) is 12.1 Å². The zero-order chi connectivity index (χ0) is 10.9. The molecular weight excluding hydrogens is 190 g/mol. The third-order valence-electron chi connectivity index (χ3n) is 2.05. The molecule has 0 heterocycles. The second kappa shape index (κ2) is 7.01. The molecule has 3 heteroatoms. The van der Waals surface area contributed by atoms with Crippen LogP contribution in [0, 0.1) is 6.07 Å². The van der Waals surface area contributed by atoms with Crippen molar-refractivity contribution in [2.24, 2.45) is 0 Å². The first-order valence-electron chi connectivity index (χ1n) is 5.15. The van der Waals surface area contributed by atoms with Crippen molar-refractivity contribution in [2.75, 3.05) is 6.61 Å². The van der Waals surface area contributed by atoms with Gasteiger partial charge in [0, 0.05) is 12.2 Å². The van der Waals surface area contributed by atoms with Gasteiger partial charge in [-0.15, -0.1) is 0 Å². The molecule has 1 unspecified atom stereocenters. The van der Waals surface area contributed by atoms with E-state index in [1.165, 1.54) is 0 Å². The molecule has 1 radical (unpaired) electrons. The third-order valence-corrected chi connectivity index (χ3v) is 2.05. The first kappa shape index (κ1) is 11.7. The summed E-state index contributed by atoms with van der Waals surface area (Å²) in [5.41, 5.74) is 0.942. The molecule has 0 aliphatic heterocycles. The lowest BCUT2D eigenvalue weighted by molar-refractivity contribution is -0.113. The van der Waals surface area contributed by atoms with Gasteiger partial charge >= 0.3 is 0 Å². The zero-order valence-electron chi connectivity index (χ0n) is 8.90. The largest absolute Gasteiger partial charge is 0.354 e. The van der Waals surface area contributed by atoms with Crippen molar-refractivity contribution in [3.8, 4) is 0 Å². The van der Waals surface area contributed by atoms with E-state index in [1.807, 2.05) is 12.1 Å². The molecule has 1 aromatic carbocycles. The number of amides is 1. The van der Waals surface area contributed by atoms with Crippen LogP contribution in [0.15, 0.2) is 24.3 Å². The summed E-state index contributed by atoms with van der Waals surface area (Å²) in [7, 11) is 0. The molecule has 0 saturated heterocycles. The second-order valence-corrected chi connectivity index (χ2v) is 3.22. The number of ether oxygens (including phenoxy) is 1. The van der Waals surface area contributed by atoms with Crippen LogP contribution in [-0.4, -0.2) is 13.0 Å². The van der Waals surface area contributed by atoms with Crippen LogP contribution in [0.25, 0.3) is 0 Å². The van der Waals surface area contributed by atoms with Crippen LogP contribution in [0.3, 0.4) is 0 Å². The number of unbranched alkanes of at least 4 members (excludes halogenated alkanes) is 1. The summed E-state index contributed by atoms with van der Waals surface area (Å²) in [6.45, 7) is 2.75. The van der Waals surface area contributed by atoms with Gasteiger partial charge in [-0.25, -0.2) is 0 Å². The van der Waals surface area contributed by atoms with Gasteiger partial charge in [-0.1, -0.05) is 37.6 Å². The molecule has 1 N–H and O–H groups in total. The molecule has 1 amide bonds. The molecule has 0 fully saturated rings. The van der Waals surface area contributed by atoms with Crippen molar-refractivity contribution in [3.05, 3.63) is 35.9 Å². The fourth-order valence-corrected chi connectivity index (χ4v) is 1.22. The topological polar surface area (TPSA) is 38.3 Å². The van der Waals surface area contributed by atoms with Crippen molar-refractivity contribution >= 4 is 6.41 Å². The maximum atomic E-state index is 10.4. The summed E-state index contributed by atoms with van der Waals surface area (Å²) in [5.74, 6) is 0. The monoisotopic (exact) mass is 206 g/mol. The molecule has 3 nitrogen and oxygen atoms in total. The predicted molar refractivity (Wildman–Crippen MR) is 58.1 cm³/mol. The Bertz CT molecular complexity index is 274. The molecule has 0 bridgehead atoms. The van der Waals surface area contributed by atoms with Crippen molar-refractivity contribution in [1.82, 2.24) is 5.32 Å². The van der Waals surface area contributed by atoms with E-state index in [0.29, 0.717) is 13.0 Å². The first-order valence-corrected chi connectivity index (χ1v) is 5.15. The van der Waals surface area contributed by atoms with Crippen LogP contribution in [-0.2, 0) is 9.53 Å². The lowest BCUT2D eigenvalue weighted by atomic mass is 10.2. The minimum Gasteiger partial charge on any atom is -0.354 e. The van der Waals surface area contributed by atoms with Crippen molar-refractivity contribution in [3.63, 3.8) is 0 Å². The van der Waals surface area contributed by atoms with E-state index in [0.717, 1.165) is 18.4 Å². The van der Waals surface area contributed by atoms with Crippen molar-refractivity contribution in [1.29, 1.82) is 0 Å². The molecular formula is C12H16NO2. The highest BCUT2D eigenvalue weighted by Crippen LogP contribution is 2.13. The maximum Gasteiger partial charge on any atom is 0.209 e. The first-order chi connectivity index (χ1) is 7.38. The van der Waals surface area contributed by atoms with Crippen LogP contribution in [0.1, 0.15) is 31.6 Å². The Kier molecular flexibility index (Phi) is 5.48. The highest BCUT2D eigenvalue weighted by molar-refractivity contribution is 5.47. The summed E-state index contributed by atoms with van der Waals surface area (Å²) in [6, 6.07) is 10.3. The predicted octanol–water partition coefficient (Wildman–Crippen LogP) is 2.05. The number of hydrogen-bond donors (Lipinski definition) is 1. The average Bonchev–Trinajstić information content (AvgIpc) is 2.29. The Balaban J connectivity index is 2.53. The quantitative estimate of drug-likeness (QED) is 0.421. The Hall–Kier alpha value is -1.35. The van der Waals surface area contributed by atoms with E-state index in [4.69, 9.17) is 4.74 Å². The Morgan fingerprint density at radius 1 is 1.53 bits per heavy atom. The summed E-state index contributed by atoms with van der Waals surface area (Å²) in [6.07, 6.45) is 2.39. The zero-order valence-corrected chi connectivity index (χ0v) is 8.90. The van der Waals surface area contributed by atoms with Gasteiger partial charge in [-0.2, -0.15) is 0 Å². The van der Waals surface area contributed by atoms with Crippen molar-refractivity contribution < 1.29 is 9.53 Å². The summed E-state index contributed by atoms with van der Waals surface area (Å²) in [5, 5.41) is 2.64. The number of carbonyl (C=O) groups excluding carboxylic acids is 1. The Labute approximate surface area is 90.4 Å². The second-order valence-electron chi connectivity index (χ2n) is 3.22. The normalized spacial score (nSPS) is 12.1. The summed E-state index contributed by atoms with van der Waals surface area (Å²) < 4.78 is 5.55. The lowest BCUT2D eigenvalue weighted by Crippen LogP contribution is -2.22. The summed E-state index contributed by atoms with van der Waals surface area (Å²) in [4.78, 5) is 10.4. The molecule has 81 valence electrons. The van der Waals surface area contributed by atoms with E-state index in [9.17, 15) is 4.79 Å². The van der Waals surface area contributed by atoms with Crippen molar-refractivity contribution in [2.45, 2.75) is 26.0 Å². The standard InChI is InChI=1S/C12H16NO2/c1-2-3-9-15-12(13-10-14)11-7-5-4-6-8-11/h5-8,10,12H,2-3,9H2,1H3,(H,13,14). The molecule has 0 aliphatic carbocycles. The van der Waals surface area contributed by atoms with Gasteiger partial charge in [0.2, 0.25) is 6.41 Å². The number of carbonyl (C=O) groups is 1. The minimum absolute atomic E-state index is 0.344. The van der Waals surface area contributed by atoms with Crippen LogP contribution in [0.5, 0.6) is 0 Å². The molecule has 0 saturated carbocycles. The van der Waals surface area contributed by atoms with Gasteiger partial charge in [-0.05, 0) is 12.5 Å². The number of benzene rings is 1. The number of nitrogens with one attached hydrogen (secondary N) is 1. The Morgan fingerprint density at radius 3 is 2.87 bits per heavy atom. The molecule has 1 aromatic rings. The van der Waals surface area contributed by atoms with Crippen LogP contribution in [0.4, 0.5) is 0 Å². The van der Waals surface area contributed by atoms with Crippen LogP contribution >= 0.6 is 0 Å². The fraction of sp³-hybridized carbons (Fsp3) is 0.417. The van der Waals surface area contributed by atoms with Gasteiger partial charge in [0.1, 0.15) is 0 Å². The van der Waals surface area contributed by atoms with Gasteiger partial charge in [0.05, 0.1) is 0 Å². The van der Waals surface area contributed by atoms with Crippen LogP contribution < -0.4 is 5.32 Å². The third kappa shape index (κ3) is 4.13. The maximum absolute atomic E-state index is 10.4. The van der Waals surface area contributed by atoms with Gasteiger partial charge in [-0.3, -0.25) is 4.79 Å². The average molecular weight is 206 g/mol. The van der Waals surface area contributed by atoms with E-state index in [-0.39, 0.29) is 6.23 Å². The highest BCUT2D eigenvalue weighted by atomic mass is 16.5. The summed E-state index contributed by atoms with van der Waals surface area (Å²) >= 11 is 0.